The number of carbonyl (C=O) groups is 2. The number of amides is 1. The number of piperidine rings is 1. The number of anilines is 1. The maximum Gasteiger partial charge on any atom is 0.337 e. The number of allylic oxidation sites excluding steroid dienone is 1. The number of esters is 1. The first-order chi connectivity index (χ1) is 13.6. The van der Waals surface area contributed by atoms with Crippen LogP contribution < -0.4 is 5.32 Å². The first-order valence-corrected chi connectivity index (χ1v) is 9.68. The van der Waals surface area contributed by atoms with Crippen LogP contribution in [0.2, 0.25) is 0 Å². The normalized spacial score (nSPS) is 30.9. The van der Waals surface area contributed by atoms with Crippen molar-refractivity contribution in [2.45, 2.75) is 31.2 Å². The molecule has 0 aromatic heterocycles. The third kappa shape index (κ3) is 2.58. The van der Waals surface area contributed by atoms with Gasteiger partial charge in [-0.2, -0.15) is 0 Å². The van der Waals surface area contributed by atoms with Gasteiger partial charge in [-0.05, 0) is 31.4 Å². The Morgan fingerprint density at radius 1 is 1.32 bits per heavy atom. The second kappa shape index (κ2) is 7.09. The number of hydrogen-bond acceptors (Lipinski definition) is 5. The van der Waals surface area contributed by atoms with E-state index in [9.17, 15) is 9.59 Å². The van der Waals surface area contributed by atoms with Crippen molar-refractivity contribution in [3.63, 3.8) is 0 Å². The standard InChI is InChI=1S/C22H26N2O4/c1-4-14-12-24-10-9-22(17-7-5-6-8-18(17)23-21(22)26)19(24)11-15(14)16(13-27-2)20(25)28-3/h4-8,13,15,19H,9-12H2,1-3H3,(H,23,26)/t15-,19-,22+/m0/s1. The smallest absolute Gasteiger partial charge is 0.337 e. The number of hydrogen-bond donors (Lipinski definition) is 1. The lowest BCUT2D eigenvalue weighted by Gasteiger charge is -2.42. The lowest BCUT2D eigenvalue weighted by Crippen LogP contribution is -2.51. The van der Waals surface area contributed by atoms with Crippen LogP contribution in [0.15, 0.2) is 47.7 Å². The molecule has 3 aliphatic heterocycles. The second-order valence-corrected chi connectivity index (χ2v) is 7.66. The number of rotatable bonds is 3. The summed E-state index contributed by atoms with van der Waals surface area (Å²) in [5.41, 5.74) is 3.08. The van der Waals surface area contributed by atoms with E-state index in [1.807, 2.05) is 25.1 Å². The summed E-state index contributed by atoms with van der Waals surface area (Å²) in [4.78, 5) is 28.0. The van der Waals surface area contributed by atoms with Crippen LogP contribution in [-0.2, 0) is 24.5 Å². The summed E-state index contributed by atoms with van der Waals surface area (Å²) >= 11 is 0. The van der Waals surface area contributed by atoms with Crippen molar-refractivity contribution in [1.82, 2.24) is 4.90 Å². The van der Waals surface area contributed by atoms with Gasteiger partial charge in [0.2, 0.25) is 5.91 Å². The summed E-state index contributed by atoms with van der Waals surface area (Å²) in [5.74, 6) is -0.448. The van der Waals surface area contributed by atoms with Gasteiger partial charge in [-0.25, -0.2) is 4.79 Å². The highest BCUT2D eigenvalue weighted by Gasteiger charge is 2.59. The third-order valence-electron chi connectivity index (χ3n) is 6.57. The number of ether oxygens (including phenoxy) is 2. The fraction of sp³-hybridized carbons (Fsp3) is 0.455. The quantitative estimate of drug-likeness (QED) is 0.377. The highest BCUT2D eigenvalue weighted by molar-refractivity contribution is 6.07. The van der Waals surface area contributed by atoms with E-state index in [1.54, 1.807) is 0 Å². The van der Waals surface area contributed by atoms with E-state index < -0.39 is 5.41 Å². The largest absolute Gasteiger partial charge is 0.504 e. The van der Waals surface area contributed by atoms with Crippen molar-refractivity contribution in [3.05, 3.63) is 53.3 Å². The van der Waals surface area contributed by atoms with Crippen molar-refractivity contribution in [2.75, 3.05) is 32.6 Å². The Bertz CT molecular complexity index is 875. The molecule has 3 aliphatic rings. The lowest BCUT2D eigenvalue weighted by atomic mass is 9.69. The maximum atomic E-state index is 13.2. The monoisotopic (exact) mass is 382 g/mol. The number of nitrogens with zero attached hydrogens (tertiary/aromatic N) is 1. The van der Waals surface area contributed by atoms with Gasteiger partial charge in [0.05, 0.1) is 31.5 Å². The molecule has 28 heavy (non-hydrogen) atoms. The maximum absolute atomic E-state index is 13.2. The summed E-state index contributed by atoms with van der Waals surface area (Å²) in [6.07, 6.45) is 5.01. The first-order valence-electron chi connectivity index (χ1n) is 9.68. The Balaban J connectivity index is 1.76. The molecule has 0 saturated carbocycles. The lowest BCUT2D eigenvalue weighted by molar-refractivity contribution is -0.137. The molecule has 148 valence electrons. The molecule has 0 unspecified atom stereocenters. The van der Waals surface area contributed by atoms with Gasteiger partial charge in [-0.3, -0.25) is 9.69 Å². The molecule has 1 spiro atoms. The van der Waals surface area contributed by atoms with Crippen LogP contribution in [0.4, 0.5) is 5.69 Å². The Morgan fingerprint density at radius 2 is 2.11 bits per heavy atom. The Kier molecular flexibility index (Phi) is 4.75. The van der Waals surface area contributed by atoms with E-state index in [-0.39, 0.29) is 23.8 Å². The topological polar surface area (TPSA) is 67.9 Å². The summed E-state index contributed by atoms with van der Waals surface area (Å²) in [6, 6.07) is 7.99. The van der Waals surface area contributed by atoms with Crippen molar-refractivity contribution < 1.29 is 19.1 Å². The van der Waals surface area contributed by atoms with E-state index in [0.717, 1.165) is 36.3 Å². The Hall–Kier alpha value is -2.60. The van der Waals surface area contributed by atoms with E-state index >= 15 is 0 Å². The second-order valence-electron chi connectivity index (χ2n) is 7.66. The van der Waals surface area contributed by atoms with Crippen LogP contribution in [0.3, 0.4) is 0 Å². The average Bonchev–Trinajstić information content (AvgIpc) is 3.23. The minimum atomic E-state index is -0.567. The molecule has 1 N–H and O–H groups in total. The van der Waals surface area contributed by atoms with Crippen LogP contribution in [0.5, 0.6) is 0 Å². The fourth-order valence-electron chi connectivity index (χ4n) is 5.27. The Morgan fingerprint density at radius 3 is 2.82 bits per heavy atom. The van der Waals surface area contributed by atoms with Crippen molar-refractivity contribution in [1.29, 1.82) is 0 Å². The van der Waals surface area contributed by atoms with E-state index in [0.29, 0.717) is 12.0 Å². The minimum Gasteiger partial charge on any atom is -0.504 e. The molecule has 1 aromatic carbocycles. The minimum absolute atomic E-state index is 0.0229. The van der Waals surface area contributed by atoms with E-state index in [2.05, 4.69) is 22.4 Å². The molecular formula is C22H26N2O4. The summed E-state index contributed by atoms with van der Waals surface area (Å²) in [6.45, 7) is 3.59. The number of benzene rings is 1. The van der Waals surface area contributed by atoms with Gasteiger partial charge in [0, 0.05) is 30.7 Å². The zero-order chi connectivity index (χ0) is 19.9. The number of methoxy groups -OCH3 is 2. The van der Waals surface area contributed by atoms with Gasteiger partial charge in [-0.15, -0.1) is 0 Å². The van der Waals surface area contributed by atoms with Crippen molar-refractivity contribution >= 4 is 17.6 Å². The van der Waals surface area contributed by atoms with Gasteiger partial charge in [0.15, 0.2) is 0 Å². The molecule has 0 bridgehead atoms. The summed E-state index contributed by atoms with van der Waals surface area (Å²) in [7, 11) is 2.92. The molecule has 2 saturated heterocycles. The molecule has 0 aliphatic carbocycles. The zero-order valence-electron chi connectivity index (χ0n) is 16.5. The highest BCUT2D eigenvalue weighted by Crippen LogP contribution is 2.52. The van der Waals surface area contributed by atoms with Crippen LogP contribution in [0.1, 0.15) is 25.3 Å². The van der Waals surface area contributed by atoms with E-state index in [1.165, 1.54) is 20.5 Å². The van der Waals surface area contributed by atoms with Crippen LogP contribution >= 0.6 is 0 Å². The van der Waals surface area contributed by atoms with Gasteiger partial charge >= 0.3 is 5.97 Å². The predicted octanol–water partition coefficient (Wildman–Crippen LogP) is 2.62. The van der Waals surface area contributed by atoms with Crippen molar-refractivity contribution in [3.8, 4) is 0 Å². The molecular weight excluding hydrogens is 356 g/mol. The zero-order valence-corrected chi connectivity index (χ0v) is 16.5. The SMILES string of the molecule is CC=C1CN2CC[C@]3(C(=O)Nc4ccccc43)[C@@H]2C[C@@H]1C(=COC)C(=O)OC. The molecule has 1 aromatic rings. The van der Waals surface area contributed by atoms with Crippen LogP contribution in [0, 0.1) is 5.92 Å². The number of para-hydroxylation sites is 1. The highest BCUT2D eigenvalue weighted by atomic mass is 16.5. The van der Waals surface area contributed by atoms with Gasteiger partial charge in [-0.1, -0.05) is 29.8 Å². The molecule has 3 heterocycles. The summed E-state index contributed by atoms with van der Waals surface area (Å²) < 4.78 is 10.2. The van der Waals surface area contributed by atoms with Gasteiger partial charge in [0.25, 0.3) is 0 Å². The molecule has 2 fully saturated rings. The van der Waals surface area contributed by atoms with Crippen LogP contribution in [0.25, 0.3) is 0 Å². The third-order valence-corrected chi connectivity index (χ3v) is 6.57. The average molecular weight is 382 g/mol. The van der Waals surface area contributed by atoms with E-state index in [4.69, 9.17) is 9.47 Å². The number of fused-ring (bicyclic) bond motifs is 4. The predicted molar refractivity (Wildman–Crippen MR) is 106 cm³/mol. The van der Waals surface area contributed by atoms with Crippen LogP contribution in [-0.4, -0.2) is 50.1 Å². The van der Waals surface area contributed by atoms with Gasteiger partial charge in [0.1, 0.15) is 0 Å². The summed E-state index contributed by atoms with van der Waals surface area (Å²) in [5, 5.41) is 3.08. The fourth-order valence-corrected chi connectivity index (χ4v) is 5.27. The molecule has 1 amide bonds. The molecule has 0 radical (unpaired) electrons. The van der Waals surface area contributed by atoms with Crippen molar-refractivity contribution in [2.24, 2.45) is 5.92 Å². The molecule has 4 rings (SSSR count). The molecule has 6 nitrogen and oxygen atoms in total. The Labute approximate surface area is 165 Å². The first kappa shape index (κ1) is 18.7. The molecule has 3 atom stereocenters. The number of nitrogens with one attached hydrogen (secondary N) is 1. The van der Waals surface area contributed by atoms with Gasteiger partial charge < -0.3 is 14.8 Å². The number of carbonyl (C=O) groups excluding carboxylic acids is 2. The molecule has 6 heteroatoms.